The molecule has 6 heteroatoms. The molecule has 1 atom stereocenters. The Hall–Kier alpha value is -1.72. The van der Waals surface area contributed by atoms with E-state index in [0.717, 1.165) is 25.2 Å². The number of nitrogens with one attached hydrogen (secondary N) is 2. The monoisotopic (exact) mass is 410 g/mol. The van der Waals surface area contributed by atoms with Crippen LogP contribution in [-0.2, 0) is 4.79 Å². The van der Waals surface area contributed by atoms with Crippen molar-refractivity contribution in [1.82, 2.24) is 10.6 Å². The van der Waals surface area contributed by atoms with E-state index in [1.165, 1.54) is 38.2 Å². The number of hydrogen-bond acceptors (Lipinski definition) is 2. The molecule has 1 saturated carbocycles. The van der Waals surface area contributed by atoms with Crippen LogP contribution in [0.2, 0.25) is 0 Å². The molecule has 1 amide bonds. The largest absolute Gasteiger partial charge is 0.395 e. The highest BCUT2D eigenvalue weighted by molar-refractivity contribution is 5.94. The van der Waals surface area contributed by atoms with E-state index >= 15 is 0 Å². The molecule has 0 aromatic rings. The molecule has 3 aliphatic rings. The van der Waals surface area contributed by atoms with Gasteiger partial charge in [-0.2, -0.15) is 13.2 Å². The van der Waals surface area contributed by atoms with Crippen LogP contribution in [-0.4, -0.2) is 18.6 Å². The van der Waals surface area contributed by atoms with Crippen molar-refractivity contribution in [3.05, 3.63) is 35.2 Å². The van der Waals surface area contributed by atoms with Crippen LogP contribution in [0.1, 0.15) is 77.0 Å². The molecule has 0 heterocycles. The van der Waals surface area contributed by atoms with Crippen LogP contribution < -0.4 is 10.6 Å². The number of carbonyl (C=O) groups is 1. The highest BCUT2D eigenvalue weighted by Crippen LogP contribution is 2.36. The summed E-state index contributed by atoms with van der Waals surface area (Å²) >= 11 is 0. The van der Waals surface area contributed by atoms with Crippen LogP contribution in [0.4, 0.5) is 13.2 Å². The van der Waals surface area contributed by atoms with E-state index in [-0.39, 0.29) is 12.3 Å². The summed E-state index contributed by atoms with van der Waals surface area (Å²) < 4.78 is 39.1. The average Bonchev–Trinajstić information content (AvgIpc) is 3.51. The minimum Gasteiger partial charge on any atom is -0.359 e. The van der Waals surface area contributed by atoms with Crippen LogP contribution >= 0.6 is 0 Å². The van der Waals surface area contributed by atoms with E-state index < -0.39 is 12.1 Å². The maximum absolute atomic E-state index is 13.0. The van der Waals surface area contributed by atoms with Crippen LogP contribution in [0.25, 0.3) is 0 Å². The lowest BCUT2D eigenvalue weighted by molar-refractivity contribution is -0.164. The van der Waals surface area contributed by atoms with Gasteiger partial charge in [0.05, 0.1) is 5.92 Å². The quantitative estimate of drug-likeness (QED) is 0.440. The summed E-state index contributed by atoms with van der Waals surface area (Å²) in [6.45, 7) is 0.654. The molecule has 29 heavy (non-hydrogen) atoms. The summed E-state index contributed by atoms with van der Waals surface area (Å²) in [6, 6.07) is 0. The Bertz CT molecular complexity index is 660. The van der Waals surface area contributed by atoms with Crippen molar-refractivity contribution < 1.29 is 18.0 Å². The molecule has 3 rings (SSSR count). The first-order valence-electron chi connectivity index (χ1n) is 11.2. The lowest BCUT2D eigenvalue weighted by Gasteiger charge is -2.25. The van der Waals surface area contributed by atoms with Crippen molar-refractivity contribution in [2.75, 3.05) is 6.54 Å². The maximum atomic E-state index is 13.0. The number of alkyl halides is 3. The third-order valence-corrected chi connectivity index (χ3v) is 6.05. The maximum Gasteiger partial charge on any atom is 0.395 e. The third-order valence-electron chi connectivity index (χ3n) is 6.05. The third kappa shape index (κ3) is 7.23. The number of amides is 1. The molecule has 1 unspecified atom stereocenters. The zero-order valence-electron chi connectivity index (χ0n) is 17.1. The van der Waals surface area contributed by atoms with Gasteiger partial charge in [-0.25, -0.2) is 0 Å². The van der Waals surface area contributed by atoms with E-state index in [1.54, 1.807) is 0 Å². The standard InChI is InChI=1S/C23H33F3N2O/c24-23(25,26)18-9-7-10-19(16-18)28-21-12-5-4-11-20(21)22(29)27-15-6-2-1-3-8-17-13-14-17/h5,12,16-18,28H,1-4,6-11,13-15H2,(H,27,29). The van der Waals surface area contributed by atoms with Gasteiger partial charge in [-0.05, 0) is 50.5 Å². The van der Waals surface area contributed by atoms with Gasteiger partial charge in [0, 0.05) is 23.5 Å². The highest BCUT2D eigenvalue weighted by Gasteiger charge is 2.39. The van der Waals surface area contributed by atoms with Gasteiger partial charge in [0.25, 0.3) is 0 Å². The Labute approximate surface area is 171 Å². The fraction of sp³-hybridized carbons (Fsp3) is 0.696. The van der Waals surface area contributed by atoms with Crippen LogP contribution in [0.3, 0.4) is 0 Å². The number of hydrogen-bond donors (Lipinski definition) is 2. The van der Waals surface area contributed by atoms with E-state index in [0.29, 0.717) is 42.8 Å². The molecule has 0 aromatic carbocycles. The average molecular weight is 411 g/mol. The summed E-state index contributed by atoms with van der Waals surface area (Å²) in [6.07, 6.45) is 12.3. The summed E-state index contributed by atoms with van der Waals surface area (Å²) in [5, 5.41) is 6.11. The van der Waals surface area contributed by atoms with Gasteiger partial charge in [0.1, 0.15) is 0 Å². The Balaban J connectivity index is 1.48. The number of rotatable bonds is 10. The van der Waals surface area contributed by atoms with Gasteiger partial charge in [0.2, 0.25) is 5.91 Å². The zero-order valence-corrected chi connectivity index (χ0v) is 17.1. The van der Waals surface area contributed by atoms with Crippen molar-refractivity contribution in [2.45, 2.75) is 83.2 Å². The van der Waals surface area contributed by atoms with Crippen LogP contribution in [0.15, 0.2) is 35.2 Å². The SMILES string of the molecule is O=C(NCCCCCCC1CC1)C1=C(NC2=CC(C(F)(F)F)CCC2)C=CCC1. The van der Waals surface area contributed by atoms with Gasteiger partial charge in [-0.3, -0.25) is 4.79 Å². The van der Waals surface area contributed by atoms with Gasteiger partial charge in [0.15, 0.2) is 0 Å². The number of carbonyl (C=O) groups excluding carboxylic acids is 1. The fourth-order valence-electron chi connectivity index (χ4n) is 4.10. The van der Waals surface area contributed by atoms with E-state index in [4.69, 9.17) is 0 Å². The second-order valence-electron chi connectivity index (χ2n) is 8.59. The predicted molar refractivity (Wildman–Crippen MR) is 109 cm³/mol. The van der Waals surface area contributed by atoms with Gasteiger partial charge in [-0.15, -0.1) is 0 Å². The molecule has 2 N–H and O–H groups in total. The second kappa shape index (κ2) is 10.4. The Morgan fingerprint density at radius 1 is 1.07 bits per heavy atom. The second-order valence-corrected chi connectivity index (χ2v) is 8.59. The van der Waals surface area contributed by atoms with E-state index in [9.17, 15) is 18.0 Å². The summed E-state index contributed by atoms with van der Waals surface area (Å²) in [5.74, 6) is -0.514. The van der Waals surface area contributed by atoms with Crippen molar-refractivity contribution in [3.63, 3.8) is 0 Å². The molecule has 162 valence electrons. The van der Waals surface area contributed by atoms with Crippen LogP contribution in [0, 0.1) is 11.8 Å². The Kier molecular flexibility index (Phi) is 7.84. The summed E-state index contributed by atoms with van der Waals surface area (Å²) in [5.41, 5.74) is 1.87. The minimum absolute atomic E-state index is 0.0985. The molecular formula is C23H33F3N2O. The minimum atomic E-state index is -4.21. The smallest absolute Gasteiger partial charge is 0.359 e. The van der Waals surface area contributed by atoms with Crippen molar-refractivity contribution in [2.24, 2.45) is 11.8 Å². The molecule has 0 radical (unpaired) electrons. The molecule has 0 spiro atoms. The lowest BCUT2D eigenvalue weighted by atomic mass is 9.92. The highest BCUT2D eigenvalue weighted by atomic mass is 19.4. The molecular weight excluding hydrogens is 377 g/mol. The predicted octanol–water partition coefficient (Wildman–Crippen LogP) is 5.90. The number of halogens is 3. The molecule has 1 fully saturated rings. The summed E-state index contributed by atoms with van der Waals surface area (Å²) in [4.78, 5) is 12.6. The summed E-state index contributed by atoms with van der Waals surface area (Å²) in [7, 11) is 0. The van der Waals surface area contributed by atoms with E-state index in [1.807, 2.05) is 12.2 Å². The van der Waals surface area contributed by atoms with Crippen molar-refractivity contribution in [1.29, 1.82) is 0 Å². The molecule has 0 aliphatic heterocycles. The van der Waals surface area contributed by atoms with Gasteiger partial charge >= 0.3 is 6.18 Å². The molecule has 0 aromatic heterocycles. The van der Waals surface area contributed by atoms with Gasteiger partial charge in [-0.1, -0.05) is 50.7 Å². The normalized spacial score (nSPS) is 22.4. The molecule has 3 aliphatic carbocycles. The Morgan fingerprint density at radius 3 is 2.62 bits per heavy atom. The first-order chi connectivity index (χ1) is 13.9. The molecule has 0 bridgehead atoms. The molecule has 3 nitrogen and oxygen atoms in total. The topological polar surface area (TPSA) is 41.1 Å². The first-order valence-corrected chi connectivity index (χ1v) is 11.2. The first kappa shape index (κ1) is 22.0. The molecule has 0 saturated heterocycles. The van der Waals surface area contributed by atoms with Crippen molar-refractivity contribution >= 4 is 5.91 Å². The van der Waals surface area contributed by atoms with E-state index in [2.05, 4.69) is 10.6 Å². The van der Waals surface area contributed by atoms with Gasteiger partial charge < -0.3 is 10.6 Å². The zero-order chi connectivity index (χ0) is 20.7. The number of unbranched alkanes of at least 4 members (excludes halogenated alkanes) is 3. The van der Waals surface area contributed by atoms with Crippen LogP contribution in [0.5, 0.6) is 0 Å². The van der Waals surface area contributed by atoms with Crippen molar-refractivity contribution in [3.8, 4) is 0 Å². The number of allylic oxidation sites excluding steroid dienone is 4. The Morgan fingerprint density at radius 2 is 1.86 bits per heavy atom. The fourth-order valence-corrected chi connectivity index (χ4v) is 4.10. The lowest BCUT2D eigenvalue weighted by Crippen LogP contribution is -2.31.